The summed E-state index contributed by atoms with van der Waals surface area (Å²) >= 11 is 6.24. The molecule has 0 bridgehead atoms. The van der Waals surface area contributed by atoms with Crippen LogP contribution in [0.2, 0.25) is 5.02 Å². The van der Waals surface area contributed by atoms with E-state index in [0.29, 0.717) is 18.5 Å². The second kappa shape index (κ2) is 11.7. The Labute approximate surface area is 212 Å². The van der Waals surface area contributed by atoms with Crippen LogP contribution in [0.25, 0.3) is 0 Å². The molecule has 1 atom stereocenters. The van der Waals surface area contributed by atoms with Gasteiger partial charge in [0.05, 0.1) is 0 Å². The van der Waals surface area contributed by atoms with E-state index in [2.05, 4.69) is 28.4 Å². The minimum atomic E-state index is -0.626. The van der Waals surface area contributed by atoms with Crippen LogP contribution >= 0.6 is 11.6 Å². The number of aryl methyl sites for hydroxylation is 2. The van der Waals surface area contributed by atoms with Gasteiger partial charge in [-0.3, -0.25) is 9.59 Å². The first-order valence-corrected chi connectivity index (χ1v) is 13.0. The van der Waals surface area contributed by atoms with Crippen LogP contribution in [0.1, 0.15) is 65.6 Å². The zero-order chi connectivity index (χ0) is 24.8. The summed E-state index contributed by atoms with van der Waals surface area (Å²) in [4.78, 5) is 40.5. The van der Waals surface area contributed by atoms with Crippen molar-refractivity contribution in [2.75, 3.05) is 25.0 Å². The van der Waals surface area contributed by atoms with E-state index in [1.54, 1.807) is 11.9 Å². The maximum atomic E-state index is 13.1. The summed E-state index contributed by atoms with van der Waals surface area (Å²) in [6, 6.07) is 11.5. The molecule has 1 N–H and O–H groups in total. The van der Waals surface area contributed by atoms with Gasteiger partial charge in [-0.25, -0.2) is 0 Å². The van der Waals surface area contributed by atoms with Crippen molar-refractivity contribution in [3.63, 3.8) is 0 Å². The number of nitrogens with zero attached hydrogens (tertiary/aromatic N) is 2. The average Bonchev–Trinajstić information content (AvgIpc) is 3.21. The minimum Gasteiger partial charge on any atom is -0.371 e. The number of anilines is 1. The number of halogens is 1. The molecule has 0 saturated heterocycles. The number of hydrogen-bond donors (Lipinski definition) is 1. The van der Waals surface area contributed by atoms with E-state index in [1.807, 2.05) is 18.2 Å². The molecule has 0 aliphatic carbocycles. The smallest absolute Gasteiger partial charge is 0.255 e. The van der Waals surface area contributed by atoms with Crippen LogP contribution in [-0.4, -0.2) is 49.2 Å². The standard InChI is InChI=1S/C28H34ClN3O3/c1-30-27(34)25(12-7-17-33)32-19-24-20(9-5-11-23(24)28(32)35)8-3-2-4-15-31-16-6-10-21-13-14-22(29)18-26(21)31/h5,9,11,13-14,17-18,25H,2-4,6-8,10,12,15-16,19H2,1H3,(H,30,34). The number of carbonyl (C=O) groups is 3. The van der Waals surface area contributed by atoms with Gasteiger partial charge in [0.15, 0.2) is 0 Å². The number of amides is 2. The summed E-state index contributed by atoms with van der Waals surface area (Å²) in [6.45, 7) is 2.53. The van der Waals surface area contributed by atoms with E-state index in [9.17, 15) is 14.4 Å². The molecular weight excluding hydrogens is 462 g/mol. The number of hydrogen-bond acceptors (Lipinski definition) is 4. The monoisotopic (exact) mass is 495 g/mol. The van der Waals surface area contributed by atoms with E-state index in [4.69, 9.17) is 11.6 Å². The van der Waals surface area contributed by atoms with Crippen molar-refractivity contribution in [1.82, 2.24) is 10.2 Å². The first kappa shape index (κ1) is 25.2. The van der Waals surface area contributed by atoms with Gasteiger partial charge in [-0.15, -0.1) is 0 Å². The van der Waals surface area contributed by atoms with Gasteiger partial charge in [-0.2, -0.15) is 0 Å². The van der Waals surface area contributed by atoms with Crippen molar-refractivity contribution < 1.29 is 14.4 Å². The minimum absolute atomic E-state index is 0.122. The Kier molecular flexibility index (Phi) is 8.45. The molecule has 4 rings (SSSR count). The fraction of sp³-hybridized carbons (Fsp3) is 0.464. The van der Waals surface area contributed by atoms with Crippen molar-refractivity contribution in [2.45, 2.75) is 64.0 Å². The molecule has 2 aromatic carbocycles. The molecule has 0 aromatic heterocycles. The van der Waals surface area contributed by atoms with E-state index >= 15 is 0 Å². The van der Waals surface area contributed by atoms with Gasteiger partial charge in [0.1, 0.15) is 12.3 Å². The average molecular weight is 496 g/mol. The molecule has 2 amide bonds. The molecule has 2 aliphatic rings. The molecule has 186 valence electrons. The number of benzene rings is 2. The highest BCUT2D eigenvalue weighted by Gasteiger charge is 2.36. The van der Waals surface area contributed by atoms with Gasteiger partial charge in [0.25, 0.3) is 5.91 Å². The molecule has 0 radical (unpaired) electrons. The topological polar surface area (TPSA) is 69.7 Å². The SMILES string of the molecule is CNC(=O)C(CCC=O)N1Cc2c(CCCCCN3CCCc4ccc(Cl)cc43)cccc2C1=O. The predicted molar refractivity (Wildman–Crippen MR) is 139 cm³/mol. The Bertz CT molecular complexity index is 1090. The number of carbonyl (C=O) groups excluding carboxylic acids is 3. The number of unbranched alkanes of at least 4 members (excludes halogenated alkanes) is 2. The fourth-order valence-corrected chi connectivity index (χ4v) is 5.54. The lowest BCUT2D eigenvalue weighted by Crippen LogP contribution is -2.46. The summed E-state index contributed by atoms with van der Waals surface area (Å²) < 4.78 is 0. The fourth-order valence-electron chi connectivity index (χ4n) is 5.38. The Morgan fingerprint density at radius 2 is 2.06 bits per heavy atom. The summed E-state index contributed by atoms with van der Waals surface area (Å²) in [5.74, 6) is -0.348. The van der Waals surface area contributed by atoms with Crippen molar-refractivity contribution in [3.8, 4) is 0 Å². The highest BCUT2D eigenvalue weighted by Crippen LogP contribution is 2.31. The van der Waals surface area contributed by atoms with Gasteiger partial charge in [-0.05, 0) is 73.4 Å². The molecule has 0 spiro atoms. The molecule has 2 aliphatic heterocycles. The molecule has 0 saturated carbocycles. The van der Waals surface area contributed by atoms with Crippen molar-refractivity contribution >= 4 is 35.4 Å². The lowest BCUT2D eigenvalue weighted by Gasteiger charge is -2.31. The highest BCUT2D eigenvalue weighted by molar-refractivity contribution is 6.30. The molecular formula is C28H34ClN3O3. The zero-order valence-electron chi connectivity index (χ0n) is 20.4. The number of fused-ring (bicyclic) bond motifs is 2. The lowest BCUT2D eigenvalue weighted by atomic mass is 9.98. The number of likely N-dealkylation sites (N-methyl/N-ethyl adjacent to an activating group) is 1. The molecule has 6 nitrogen and oxygen atoms in total. The number of aldehydes is 1. The van der Waals surface area contributed by atoms with E-state index in [1.165, 1.54) is 23.2 Å². The number of rotatable bonds is 11. The Morgan fingerprint density at radius 1 is 1.20 bits per heavy atom. The van der Waals surface area contributed by atoms with Crippen LogP contribution in [0, 0.1) is 0 Å². The largest absolute Gasteiger partial charge is 0.371 e. The first-order chi connectivity index (χ1) is 17.0. The molecule has 35 heavy (non-hydrogen) atoms. The maximum absolute atomic E-state index is 13.1. The normalized spacial score (nSPS) is 15.5. The van der Waals surface area contributed by atoms with E-state index < -0.39 is 6.04 Å². The Morgan fingerprint density at radius 3 is 2.86 bits per heavy atom. The summed E-state index contributed by atoms with van der Waals surface area (Å²) in [5.41, 5.74) is 5.56. The lowest BCUT2D eigenvalue weighted by molar-refractivity contribution is -0.125. The van der Waals surface area contributed by atoms with Crippen LogP contribution in [0.5, 0.6) is 0 Å². The maximum Gasteiger partial charge on any atom is 0.255 e. The summed E-state index contributed by atoms with van der Waals surface area (Å²) in [6.07, 6.45) is 7.85. The third-order valence-corrected chi connectivity index (χ3v) is 7.45. The van der Waals surface area contributed by atoms with Gasteiger partial charge in [0, 0.05) is 49.4 Å². The third kappa shape index (κ3) is 5.69. The molecule has 0 fully saturated rings. The quantitative estimate of drug-likeness (QED) is 0.366. The molecule has 7 heteroatoms. The van der Waals surface area contributed by atoms with E-state index in [-0.39, 0.29) is 18.2 Å². The van der Waals surface area contributed by atoms with Crippen LogP contribution in [0.4, 0.5) is 5.69 Å². The summed E-state index contributed by atoms with van der Waals surface area (Å²) in [7, 11) is 1.56. The van der Waals surface area contributed by atoms with Crippen molar-refractivity contribution in [2.24, 2.45) is 0 Å². The zero-order valence-corrected chi connectivity index (χ0v) is 21.2. The highest BCUT2D eigenvalue weighted by atomic mass is 35.5. The first-order valence-electron chi connectivity index (χ1n) is 12.6. The Balaban J connectivity index is 1.34. The van der Waals surface area contributed by atoms with Gasteiger partial charge >= 0.3 is 0 Å². The van der Waals surface area contributed by atoms with Gasteiger partial charge < -0.3 is 19.9 Å². The molecule has 1 unspecified atom stereocenters. The van der Waals surface area contributed by atoms with E-state index in [0.717, 1.165) is 62.1 Å². The third-order valence-electron chi connectivity index (χ3n) is 7.21. The predicted octanol–water partition coefficient (Wildman–Crippen LogP) is 4.56. The van der Waals surface area contributed by atoms with Gasteiger partial charge in [-0.1, -0.05) is 36.2 Å². The van der Waals surface area contributed by atoms with Crippen LogP contribution in [-0.2, 0) is 29.0 Å². The molecule has 2 aromatic rings. The second-order valence-electron chi connectivity index (χ2n) is 9.42. The van der Waals surface area contributed by atoms with Crippen LogP contribution in [0.3, 0.4) is 0 Å². The Hall–Kier alpha value is -2.86. The summed E-state index contributed by atoms with van der Waals surface area (Å²) in [5, 5.41) is 3.43. The van der Waals surface area contributed by atoms with Crippen molar-refractivity contribution in [3.05, 3.63) is 63.7 Å². The van der Waals surface area contributed by atoms with Gasteiger partial charge in [0.2, 0.25) is 5.91 Å². The number of nitrogens with one attached hydrogen (secondary N) is 1. The van der Waals surface area contributed by atoms with Crippen molar-refractivity contribution in [1.29, 1.82) is 0 Å². The van der Waals surface area contributed by atoms with Crippen LogP contribution in [0.15, 0.2) is 36.4 Å². The van der Waals surface area contributed by atoms with Crippen LogP contribution < -0.4 is 10.2 Å². The molecule has 2 heterocycles. The second-order valence-corrected chi connectivity index (χ2v) is 9.86.